The van der Waals surface area contributed by atoms with Crippen molar-refractivity contribution in [1.29, 1.82) is 0 Å². The molecule has 6 heteroatoms. The van der Waals surface area contributed by atoms with Crippen molar-refractivity contribution in [2.45, 2.75) is 0 Å². The standard InChI is InChI=1S/C17H12FNO4/c1-23-13-5-3-2-4-11(13)14-15(17(21)22)10-7-6-9(18)8-12(10)19-16(14)20/h2-8H,1H3,(H,19,20)(H,21,22). The van der Waals surface area contributed by atoms with E-state index in [4.69, 9.17) is 4.74 Å². The van der Waals surface area contributed by atoms with Crippen molar-refractivity contribution in [2.75, 3.05) is 7.11 Å². The number of hydrogen-bond donors (Lipinski definition) is 2. The maximum Gasteiger partial charge on any atom is 0.337 e. The van der Waals surface area contributed by atoms with Gasteiger partial charge in [-0.1, -0.05) is 18.2 Å². The van der Waals surface area contributed by atoms with Crippen molar-refractivity contribution in [3.05, 3.63) is 64.2 Å². The molecule has 1 heterocycles. The van der Waals surface area contributed by atoms with Crippen molar-refractivity contribution < 1.29 is 19.0 Å². The van der Waals surface area contributed by atoms with Crippen LogP contribution in [0.2, 0.25) is 0 Å². The highest BCUT2D eigenvalue weighted by molar-refractivity contribution is 6.08. The van der Waals surface area contributed by atoms with Crippen LogP contribution in [0, 0.1) is 5.82 Å². The monoisotopic (exact) mass is 313 g/mol. The molecule has 116 valence electrons. The third-order valence-electron chi connectivity index (χ3n) is 3.57. The number of halogens is 1. The van der Waals surface area contributed by atoms with E-state index in [1.807, 2.05) is 0 Å². The first kappa shape index (κ1) is 14.8. The number of methoxy groups -OCH3 is 1. The molecule has 0 fully saturated rings. The first-order valence-corrected chi connectivity index (χ1v) is 6.75. The maximum atomic E-state index is 13.4. The van der Waals surface area contributed by atoms with Crippen LogP contribution in [0.3, 0.4) is 0 Å². The lowest BCUT2D eigenvalue weighted by Gasteiger charge is -2.12. The Morgan fingerprint density at radius 1 is 1.22 bits per heavy atom. The van der Waals surface area contributed by atoms with E-state index in [1.54, 1.807) is 24.3 Å². The molecule has 0 spiro atoms. The molecule has 0 saturated heterocycles. The summed E-state index contributed by atoms with van der Waals surface area (Å²) in [6.07, 6.45) is 0. The normalized spacial score (nSPS) is 10.7. The lowest BCUT2D eigenvalue weighted by atomic mass is 9.97. The van der Waals surface area contributed by atoms with E-state index >= 15 is 0 Å². The number of fused-ring (bicyclic) bond motifs is 1. The van der Waals surface area contributed by atoms with Gasteiger partial charge in [-0.3, -0.25) is 4.79 Å². The second-order valence-electron chi connectivity index (χ2n) is 4.90. The molecule has 1 aromatic heterocycles. The number of H-pyrrole nitrogens is 1. The summed E-state index contributed by atoms with van der Waals surface area (Å²) in [6, 6.07) is 10.2. The molecule has 3 rings (SSSR count). The van der Waals surface area contributed by atoms with Gasteiger partial charge in [0.2, 0.25) is 0 Å². The third kappa shape index (κ3) is 2.44. The zero-order valence-electron chi connectivity index (χ0n) is 12.1. The zero-order valence-corrected chi connectivity index (χ0v) is 12.1. The van der Waals surface area contributed by atoms with Gasteiger partial charge >= 0.3 is 5.97 Å². The predicted molar refractivity (Wildman–Crippen MR) is 83.5 cm³/mol. The van der Waals surface area contributed by atoms with Crippen molar-refractivity contribution in [1.82, 2.24) is 4.98 Å². The molecule has 5 nitrogen and oxygen atoms in total. The average molecular weight is 313 g/mol. The number of benzene rings is 2. The van der Waals surface area contributed by atoms with Gasteiger partial charge in [0, 0.05) is 10.9 Å². The van der Waals surface area contributed by atoms with E-state index in [1.165, 1.54) is 13.2 Å². The summed E-state index contributed by atoms with van der Waals surface area (Å²) in [5.74, 6) is -1.45. The Morgan fingerprint density at radius 3 is 2.65 bits per heavy atom. The Bertz CT molecular complexity index is 978. The number of carboxylic acids is 1. The summed E-state index contributed by atoms with van der Waals surface area (Å²) in [5, 5.41) is 9.84. The molecule has 0 amide bonds. The molecule has 23 heavy (non-hydrogen) atoms. The molecule has 0 aliphatic rings. The topological polar surface area (TPSA) is 79.4 Å². The maximum absolute atomic E-state index is 13.4. The minimum absolute atomic E-state index is 0.0194. The van der Waals surface area contributed by atoms with Gasteiger partial charge in [0.05, 0.1) is 23.8 Å². The van der Waals surface area contributed by atoms with Gasteiger partial charge in [-0.2, -0.15) is 0 Å². The second kappa shape index (κ2) is 5.57. The summed E-state index contributed by atoms with van der Waals surface area (Å²) in [5.41, 5.74) is -0.335. The van der Waals surface area contributed by atoms with Crippen molar-refractivity contribution >= 4 is 16.9 Å². The molecule has 2 aromatic carbocycles. The average Bonchev–Trinajstić information content (AvgIpc) is 2.53. The Kier molecular flexibility index (Phi) is 3.57. The first-order valence-electron chi connectivity index (χ1n) is 6.75. The summed E-state index contributed by atoms with van der Waals surface area (Å²) in [7, 11) is 1.43. The molecule has 0 bridgehead atoms. The summed E-state index contributed by atoms with van der Waals surface area (Å²) < 4.78 is 18.6. The minimum atomic E-state index is -1.27. The van der Waals surface area contributed by atoms with Gasteiger partial charge in [0.25, 0.3) is 5.56 Å². The van der Waals surface area contributed by atoms with Crippen molar-refractivity contribution in [2.24, 2.45) is 0 Å². The lowest BCUT2D eigenvalue weighted by molar-refractivity contribution is 0.0699. The number of aromatic amines is 1. The van der Waals surface area contributed by atoms with Gasteiger partial charge in [0.15, 0.2) is 0 Å². The van der Waals surface area contributed by atoms with E-state index in [-0.39, 0.29) is 22.0 Å². The number of aromatic nitrogens is 1. The van der Waals surface area contributed by atoms with Gasteiger partial charge in [0.1, 0.15) is 11.6 Å². The number of para-hydroxylation sites is 1. The zero-order chi connectivity index (χ0) is 16.6. The van der Waals surface area contributed by atoms with Crippen LogP contribution in [-0.2, 0) is 0 Å². The number of pyridine rings is 1. The van der Waals surface area contributed by atoms with Gasteiger partial charge < -0.3 is 14.8 Å². The van der Waals surface area contributed by atoms with E-state index in [9.17, 15) is 19.1 Å². The Morgan fingerprint density at radius 2 is 1.96 bits per heavy atom. The van der Waals surface area contributed by atoms with Crippen LogP contribution in [-0.4, -0.2) is 23.2 Å². The number of ether oxygens (including phenoxy) is 1. The Balaban J connectivity index is 2.48. The highest BCUT2D eigenvalue weighted by atomic mass is 19.1. The van der Waals surface area contributed by atoms with Crippen LogP contribution in [0.4, 0.5) is 4.39 Å². The van der Waals surface area contributed by atoms with Crippen LogP contribution >= 0.6 is 0 Å². The predicted octanol–water partition coefficient (Wildman–Crippen LogP) is 3.04. The molecule has 0 atom stereocenters. The molecule has 0 aliphatic carbocycles. The van der Waals surface area contributed by atoms with E-state index in [2.05, 4.69) is 4.98 Å². The Hall–Kier alpha value is -3.15. The second-order valence-corrected chi connectivity index (χ2v) is 4.90. The number of nitrogens with one attached hydrogen (secondary N) is 1. The van der Waals surface area contributed by atoms with Crippen LogP contribution in [0.15, 0.2) is 47.3 Å². The molecular weight excluding hydrogens is 301 g/mol. The summed E-state index contributed by atoms with van der Waals surface area (Å²) in [6.45, 7) is 0. The highest BCUT2D eigenvalue weighted by Crippen LogP contribution is 2.32. The SMILES string of the molecule is COc1ccccc1-c1c(C(=O)O)c2ccc(F)cc2[nH]c1=O. The van der Waals surface area contributed by atoms with Crippen molar-refractivity contribution in [3.63, 3.8) is 0 Å². The molecule has 0 saturated carbocycles. The molecule has 0 unspecified atom stereocenters. The smallest absolute Gasteiger partial charge is 0.337 e. The van der Waals surface area contributed by atoms with Gasteiger partial charge in [-0.25, -0.2) is 9.18 Å². The molecule has 2 N–H and O–H groups in total. The van der Waals surface area contributed by atoms with Gasteiger partial charge in [-0.05, 0) is 24.3 Å². The molecule has 0 radical (unpaired) electrons. The fourth-order valence-electron chi connectivity index (χ4n) is 2.60. The first-order chi connectivity index (χ1) is 11.0. The lowest BCUT2D eigenvalue weighted by Crippen LogP contribution is -2.16. The summed E-state index contributed by atoms with van der Waals surface area (Å²) in [4.78, 5) is 26.7. The fraction of sp³-hybridized carbons (Fsp3) is 0.0588. The van der Waals surface area contributed by atoms with Crippen molar-refractivity contribution in [3.8, 4) is 16.9 Å². The number of rotatable bonds is 3. The minimum Gasteiger partial charge on any atom is -0.496 e. The van der Waals surface area contributed by atoms with E-state index in [0.717, 1.165) is 12.1 Å². The molecule has 0 aliphatic heterocycles. The van der Waals surface area contributed by atoms with Gasteiger partial charge in [-0.15, -0.1) is 0 Å². The van der Waals surface area contributed by atoms with Crippen LogP contribution in [0.25, 0.3) is 22.0 Å². The largest absolute Gasteiger partial charge is 0.496 e. The van der Waals surface area contributed by atoms with Crippen LogP contribution in [0.1, 0.15) is 10.4 Å². The van der Waals surface area contributed by atoms with E-state index in [0.29, 0.717) is 11.3 Å². The summed E-state index contributed by atoms with van der Waals surface area (Å²) >= 11 is 0. The molecule has 3 aromatic rings. The number of carboxylic acid groups (broad SMARTS) is 1. The van der Waals surface area contributed by atoms with Crippen LogP contribution in [0.5, 0.6) is 5.75 Å². The Labute approximate surface area is 130 Å². The number of carbonyl (C=O) groups is 1. The van der Waals surface area contributed by atoms with Crippen LogP contribution < -0.4 is 10.3 Å². The number of hydrogen-bond acceptors (Lipinski definition) is 3. The highest BCUT2D eigenvalue weighted by Gasteiger charge is 2.22. The van der Waals surface area contributed by atoms with E-state index < -0.39 is 17.3 Å². The fourth-order valence-corrected chi connectivity index (χ4v) is 2.60. The third-order valence-corrected chi connectivity index (χ3v) is 3.57. The number of aromatic carboxylic acids is 1. The molecular formula is C17H12FNO4. The quantitative estimate of drug-likeness (QED) is 0.779.